The Balaban J connectivity index is 1.92. The van der Waals surface area contributed by atoms with Gasteiger partial charge >= 0.3 is 0 Å². The van der Waals surface area contributed by atoms with Crippen LogP contribution in [-0.4, -0.2) is 19.6 Å². The van der Waals surface area contributed by atoms with Gasteiger partial charge in [-0.25, -0.2) is 0 Å². The van der Waals surface area contributed by atoms with Crippen molar-refractivity contribution in [2.75, 3.05) is 19.6 Å². The van der Waals surface area contributed by atoms with Crippen LogP contribution in [0.15, 0.2) is 24.3 Å². The van der Waals surface area contributed by atoms with Gasteiger partial charge < -0.3 is 10.6 Å². The molecule has 2 nitrogen and oxygen atoms in total. The molecular formula is C16H26N2. The fourth-order valence-electron chi connectivity index (χ4n) is 2.45. The van der Waals surface area contributed by atoms with E-state index in [1.165, 1.54) is 17.5 Å². The SMILES string of the molecule is CCC(C)(C)CNCC1NCCc2ccccc21. The van der Waals surface area contributed by atoms with Gasteiger partial charge in [0, 0.05) is 19.1 Å². The van der Waals surface area contributed by atoms with Crippen LogP contribution in [0.5, 0.6) is 0 Å². The summed E-state index contributed by atoms with van der Waals surface area (Å²) < 4.78 is 0. The van der Waals surface area contributed by atoms with E-state index in [0.29, 0.717) is 11.5 Å². The highest BCUT2D eigenvalue weighted by Crippen LogP contribution is 2.23. The molecule has 1 aliphatic rings. The van der Waals surface area contributed by atoms with Crippen LogP contribution in [0.4, 0.5) is 0 Å². The summed E-state index contributed by atoms with van der Waals surface area (Å²) in [5.41, 5.74) is 3.39. The lowest BCUT2D eigenvalue weighted by atomic mass is 9.90. The fraction of sp³-hybridized carbons (Fsp3) is 0.625. The average Bonchev–Trinajstić information content (AvgIpc) is 2.39. The number of nitrogens with one attached hydrogen (secondary N) is 2. The van der Waals surface area contributed by atoms with Crippen LogP contribution in [0.3, 0.4) is 0 Å². The van der Waals surface area contributed by atoms with E-state index in [1.54, 1.807) is 0 Å². The van der Waals surface area contributed by atoms with Crippen molar-refractivity contribution in [3.05, 3.63) is 35.4 Å². The molecule has 1 aromatic carbocycles. The number of benzene rings is 1. The first-order valence-electron chi connectivity index (χ1n) is 7.14. The lowest BCUT2D eigenvalue weighted by Crippen LogP contribution is -2.39. The normalized spacial score (nSPS) is 19.6. The molecule has 0 amide bonds. The molecule has 1 heterocycles. The molecule has 0 radical (unpaired) electrons. The van der Waals surface area contributed by atoms with Gasteiger partial charge in [0.15, 0.2) is 0 Å². The van der Waals surface area contributed by atoms with Crippen LogP contribution in [0, 0.1) is 5.41 Å². The third-order valence-corrected chi connectivity index (χ3v) is 4.12. The van der Waals surface area contributed by atoms with Gasteiger partial charge in [-0.2, -0.15) is 0 Å². The first kappa shape index (κ1) is 13.6. The summed E-state index contributed by atoms with van der Waals surface area (Å²) in [6.07, 6.45) is 2.38. The minimum Gasteiger partial charge on any atom is -0.314 e. The number of hydrogen-bond donors (Lipinski definition) is 2. The average molecular weight is 246 g/mol. The Bertz CT molecular complexity index is 384. The zero-order valence-electron chi connectivity index (χ0n) is 11.9. The second-order valence-electron chi connectivity index (χ2n) is 6.10. The second-order valence-corrected chi connectivity index (χ2v) is 6.10. The quantitative estimate of drug-likeness (QED) is 0.835. The maximum Gasteiger partial charge on any atom is 0.0449 e. The second kappa shape index (κ2) is 5.85. The summed E-state index contributed by atoms with van der Waals surface area (Å²) in [7, 11) is 0. The number of fused-ring (bicyclic) bond motifs is 1. The van der Waals surface area contributed by atoms with Crippen molar-refractivity contribution in [2.24, 2.45) is 5.41 Å². The van der Waals surface area contributed by atoms with Crippen LogP contribution >= 0.6 is 0 Å². The van der Waals surface area contributed by atoms with Crippen LogP contribution in [0.1, 0.15) is 44.4 Å². The zero-order chi connectivity index (χ0) is 13.0. The first-order valence-corrected chi connectivity index (χ1v) is 7.14. The summed E-state index contributed by atoms with van der Waals surface area (Å²) in [5, 5.41) is 7.24. The third-order valence-electron chi connectivity index (χ3n) is 4.12. The van der Waals surface area contributed by atoms with E-state index in [4.69, 9.17) is 0 Å². The van der Waals surface area contributed by atoms with Crippen LogP contribution in [-0.2, 0) is 6.42 Å². The minimum atomic E-state index is 0.397. The van der Waals surface area contributed by atoms with Gasteiger partial charge in [-0.05, 0) is 35.9 Å². The van der Waals surface area contributed by atoms with Gasteiger partial charge in [-0.15, -0.1) is 0 Å². The van der Waals surface area contributed by atoms with Crippen molar-refractivity contribution in [3.8, 4) is 0 Å². The largest absolute Gasteiger partial charge is 0.314 e. The summed E-state index contributed by atoms with van der Waals surface area (Å²) in [5.74, 6) is 0. The van der Waals surface area contributed by atoms with Crippen LogP contribution in [0.25, 0.3) is 0 Å². The monoisotopic (exact) mass is 246 g/mol. The van der Waals surface area contributed by atoms with Crippen molar-refractivity contribution in [3.63, 3.8) is 0 Å². The summed E-state index contributed by atoms with van der Waals surface area (Å²) >= 11 is 0. The molecule has 0 saturated heterocycles. The highest BCUT2D eigenvalue weighted by Gasteiger charge is 2.20. The molecule has 2 heteroatoms. The fourth-order valence-corrected chi connectivity index (χ4v) is 2.45. The molecule has 0 aliphatic carbocycles. The molecule has 18 heavy (non-hydrogen) atoms. The minimum absolute atomic E-state index is 0.397. The summed E-state index contributed by atoms with van der Waals surface area (Å²) in [6.45, 7) is 10.1. The van der Waals surface area contributed by atoms with Gasteiger partial charge in [-0.1, -0.05) is 45.0 Å². The molecule has 0 bridgehead atoms. The standard InChI is InChI=1S/C16H26N2/c1-4-16(2,3)12-17-11-15-14-8-6-5-7-13(14)9-10-18-15/h5-8,15,17-18H,4,9-12H2,1-3H3. The highest BCUT2D eigenvalue weighted by molar-refractivity contribution is 5.32. The zero-order valence-corrected chi connectivity index (χ0v) is 11.9. The van der Waals surface area contributed by atoms with Gasteiger partial charge in [0.1, 0.15) is 0 Å². The Hall–Kier alpha value is -0.860. The molecule has 0 fully saturated rings. The molecule has 0 aromatic heterocycles. The molecule has 0 spiro atoms. The van der Waals surface area contributed by atoms with Crippen molar-refractivity contribution in [1.82, 2.24) is 10.6 Å². The molecule has 0 saturated carbocycles. The van der Waals surface area contributed by atoms with E-state index in [9.17, 15) is 0 Å². The lowest BCUT2D eigenvalue weighted by Gasteiger charge is -2.29. The smallest absolute Gasteiger partial charge is 0.0449 e. The van der Waals surface area contributed by atoms with E-state index in [1.807, 2.05) is 0 Å². The molecule has 2 N–H and O–H groups in total. The van der Waals surface area contributed by atoms with Gasteiger partial charge in [0.05, 0.1) is 0 Å². The molecule has 100 valence electrons. The van der Waals surface area contributed by atoms with Crippen LogP contribution < -0.4 is 10.6 Å². The molecule has 1 aromatic rings. The number of rotatable bonds is 5. The predicted octanol–water partition coefficient (Wildman–Crippen LogP) is 2.90. The Morgan fingerprint density at radius 1 is 1.33 bits per heavy atom. The van der Waals surface area contributed by atoms with E-state index in [-0.39, 0.29) is 0 Å². The topological polar surface area (TPSA) is 24.1 Å². The predicted molar refractivity (Wildman–Crippen MR) is 77.8 cm³/mol. The van der Waals surface area contributed by atoms with Crippen molar-refractivity contribution in [1.29, 1.82) is 0 Å². The maximum absolute atomic E-state index is 3.62. The highest BCUT2D eigenvalue weighted by atomic mass is 15.0. The van der Waals surface area contributed by atoms with Crippen molar-refractivity contribution in [2.45, 2.75) is 39.7 Å². The molecule has 1 atom stereocenters. The van der Waals surface area contributed by atoms with Gasteiger partial charge in [-0.3, -0.25) is 0 Å². The van der Waals surface area contributed by atoms with E-state index < -0.39 is 0 Å². The van der Waals surface area contributed by atoms with Crippen molar-refractivity contribution >= 4 is 0 Å². The van der Waals surface area contributed by atoms with Crippen LogP contribution in [0.2, 0.25) is 0 Å². The molecule has 1 aliphatic heterocycles. The Labute approximate surface area is 111 Å². The van der Waals surface area contributed by atoms with Crippen molar-refractivity contribution < 1.29 is 0 Å². The van der Waals surface area contributed by atoms with E-state index in [2.05, 4.69) is 55.7 Å². The Morgan fingerprint density at radius 2 is 2.11 bits per heavy atom. The first-order chi connectivity index (χ1) is 8.62. The summed E-state index contributed by atoms with van der Waals surface area (Å²) in [6, 6.07) is 9.30. The molecule has 1 unspecified atom stereocenters. The Kier molecular flexibility index (Phi) is 4.41. The van der Waals surface area contributed by atoms with E-state index in [0.717, 1.165) is 26.1 Å². The Morgan fingerprint density at radius 3 is 2.89 bits per heavy atom. The molecular weight excluding hydrogens is 220 g/mol. The number of hydrogen-bond acceptors (Lipinski definition) is 2. The lowest BCUT2D eigenvalue weighted by molar-refractivity contribution is 0.318. The van der Waals surface area contributed by atoms with Gasteiger partial charge in [0.25, 0.3) is 0 Å². The van der Waals surface area contributed by atoms with E-state index >= 15 is 0 Å². The summed E-state index contributed by atoms with van der Waals surface area (Å²) in [4.78, 5) is 0. The van der Waals surface area contributed by atoms with Gasteiger partial charge in [0.2, 0.25) is 0 Å². The third kappa shape index (κ3) is 3.33. The molecule has 2 rings (SSSR count). The maximum atomic E-state index is 3.62.